The first kappa shape index (κ1) is 21.1. The first-order chi connectivity index (χ1) is 15.9. The van der Waals surface area contributed by atoms with Gasteiger partial charge in [0.25, 0.3) is 5.92 Å². The van der Waals surface area contributed by atoms with Crippen LogP contribution in [0.1, 0.15) is 42.5 Å². The molecule has 0 saturated carbocycles. The summed E-state index contributed by atoms with van der Waals surface area (Å²) in [7, 11) is 0. The van der Waals surface area contributed by atoms with Crippen molar-refractivity contribution in [3.05, 3.63) is 65.5 Å². The molecule has 2 aromatic carbocycles. The van der Waals surface area contributed by atoms with Gasteiger partial charge in [-0.2, -0.15) is 5.26 Å². The van der Waals surface area contributed by atoms with Gasteiger partial charge in [0.15, 0.2) is 11.5 Å². The number of aromatic nitrogens is 3. The maximum Gasteiger partial charge on any atom is 0.251 e. The molecule has 168 valence electrons. The van der Waals surface area contributed by atoms with Gasteiger partial charge in [0.05, 0.1) is 17.7 Å². The first-order valence-electron chi connectivity index (χ1n) is 11.0. The number of hydrogen-bond donors (Lipinski definition) is 1. The molecule has 0 spiro atoms. The standard InChI is InChI=1S/C25H24F2N6/c1-16-18(15-28)4-3-5-20(16)17(2)30-23-22-14-19(32-11-8-25(26,27)9-12-32)6-7-21(22)24-29-10-13-33(24)31-23/h3-7,10,13-14,17H,8-9,11-12H2,1-2H3,(H,30,31)/t17-/m1/s1. The third-order valence-electron chi connectivity index (χ3n) is 6.50. The molecule has 1 saturated heterocycles. The lowest BCUT2D eigenvalue weighted by atomic mass is 9.98. The fraction of sp³-hybridized carbons (Fsp3) is 0.320. The Balaban J connectivity index is 1.56. The molecule has 0 amide bonds. The number of rotatable bonds is 4. The number of hydrogen-bond acceptors (Lipinski definition) is 5. The van der Waals surface area contributed by atoms with Crippen molar-refractivity contribution in [3.63, 3.8) is 0 Å². The van der Waals surface area contributed by atoms with Crippen LogP contribution in [0.4, 0.5) is 20.3 Å². The molecule has 0 aliphatic carbocycles. The number of alkyl halides is 2. The molecule has 3 heterocycles. The van der Waals surface area contributed by atoms with Crippen LogP contribution in [0.15, 0.2) is 48.8 Å². The second-order valence-corrected chi connectivity index (χ2v) is 8.61. The Morgan fingerprint density at radius 3 is 2.70 bits per heavy atom. The van der Waals surface area contributed by atoms with E-state index in [2.05, 4.69) is 16.4 Å². The Hall–Kier alpha value is -3.73. The van der Waals surface area contributed by atoms with Gasteiger partial charge in [-0.15, -0.1) is 5.10 Å². The summed E-state index contributed by atoms with van der Waals surface area (Å²) in [4.78, 5) is 6.45. The zero-order chi connectivity index (χ0) is 23.2. The Morgan fingerprint density at radius 2 is 1.94 bits per heavy atom. The SMILES string of the molecule is Cc1c(C#N)cccc1[C@@H](C)Nc1nn2ccnc2c2ccc(N3CCC(F)(F)CC3)cc12. The highest BCUT2D eigenvalue weighted by molar-refractivity contribution is 6.01. The molecule has 1 aliphatic rings. The number of piperidine rings is 1. The van der Waals surface area contributed by atoms with Crippen LogP contribution < -0.4 is 10.2 Å². The predicted octanol–water partition coefficient (Wildman–Crippen LogP) is 5.47. The van der Waals surface area contributed by atoms with E-state index in [1.807, 2.05) is 55.1 Å². The van der Waals surface area contributed by atoms with E-state index in [0.717, 1.165) is 33.2 Å². The van der Waals surface area contributed by atoms with Crippen molar-refractivity contribution < 1.29 is 8.78 Å². The van der Waals surface area contributed by atoms with Crippen LogP contribution in [0.5, 0.6) is 0 Å². The molecular weight excluding hydrogens is 422 g/mol. The van der Waals surface area contributed by atoms with E-state index in [0.29, 0.717) is 24.5 Å². The summed E-state index contributed by atoms with van der Waals surface area (Å²) >= 11 is 0. The van der Waals surface area contributed by atoms with Gasteiger partial charge in [0.2, 0.25) is 0 Å². The molecule has 1 N–H and O–H groups in total. The topological polar surface area (TPSA) is 69.2 Å². The maximum atomic E-state index is 13.7. The number of halogens is 2. The van der Waals surface area contributed by atoms with E-state index in [-0.39, 0.29) is 18.9 Å². The van der Waals surface area contributed by atoms with Crippen molar-refractivity contribution >= 4 is 27.9 Å². The van der Waals surface area contributed by atoms with Crippen LogP contribution in [0.2, 0.25) is 0 Å². The van der Waals surface area contributed by atoms with Gasteiger partial charge in [-0.25, -0.2) is 18.3 Å². The van der Waals surface area contributed by atoms with Crippen molar-refractivity contribution in [2.45, 2.75) is 38.7 Å². The summed E-state index contributed by atoms with van der Waals surface area (Å²) in [5.74, 6) is -1.91. The van der Waals surface area contributed by atoms with Gasteiger partial charge in [0.1, 0.15) is 0 Å². The molecule has 2 aromatic heterocycles. The zero-order valence-corrected chi connectivity index (χ0v) is 18.5. The highest BCUT2D eigenvalue weighted by atomic mass is 19.3. The minimum Gasteiger partial charge on any atom is -0.371 e. The zero-order valence-electron chi connectivity index (χ0n) is 18.5. The first-order valence-corrected chi connectivity index (χ1v) is 11.0. The highest BCUT2D eigenvalue weighted by Gasteiger charge is 2.34. The summed E-state index contributed by atoms with van der Waals surface area (Å²) < 4.78 is 29.1. The van der Waals surface area contributed by atoms with E-state index in [9.17, 15) is 14.0 Å². The van der Waals surface area contributed by atoms with Crippen molar-refractivity contribution in [3.8, 4) is 6.07 Å². The Kier molecular flexibility index (Phi) is 5.12. The van der Waals surface area contributed by atoms with Gasteiger partial charge in [-0.1, -0.05) is 12.1 Å². The van der Waals surface area contributed by atoms with Crippen molar-refractivity contribution in [2.75, 3.05) is 23.3 Å². The molecule has 5 rings (SSSR count). The summed E-state index contributed by atoms with van der Waals surface area (Å²) in [5.41, 5.74) is 4.23. The molecule has 1 aliphatic heterocycles. The number of benzene rings is 2. The van der Waals surface area contributed by atoms with Crippen molar-refractivity contribution in [2.24, 2.45) is 0 Å². The smallest absolute Gasteiger partial charge is 0.251 e. The lowest BCUT2D eigenvalue weighted by Crippen LogP contribution is -2.39. The molecular formula is C25H24F2N6. The molecule has 1 fully saturated rings. The Bertz CT molecular complexity index is 1380. The second kappa shape index (κ2) is 8.00. The monoisotopic (exact) mass is 446 g/mol. The minimum absolute atomic E-state index is 0.104. The van der Waals surface area contributed by atoms with Gasteiger partial charge < -0.3 is 10.2 Å². The van der Waals surface area contributed by atoms with Crippen LogP contribution >= 0.6 is 0 Å². The predicted molar refractivity (Wildman–Crippen MR) is 125 cm³/mol. The summed E-state index contributed by atoms with van der Waals surface area (Å²) in [5, 5.41) is 19.5. The average molecular weight is 447 g/mol. The molecule has 6 nitrogen and oxygen atoms in total. The second-order valence-electron chi connectivity index (χ2n) is 8.61. The fourth-order valence-corrected chi connectivity index (χ4v) is 4.58. The van der Waals surface area contributed by atoms with Gasteiger partial charge >= 0.3 is 0 Å². The largest absolute Gasteiger partial charge is 0.371 e. The average Bonchev–Trinajstić information content (AvgIpc) is 3.27. The molecule has 1 atom stereocenters. The van der Waals surface area contributed by atoms with Crippen LogP contribution in [0.25, 0.3) is 16.4 Å². The number of imidazole rings is 1. The van der Waals surface area contributed by atoms with Crippen LogP contribution in [-0.2, 0) is 0 Å². The molecule has 33 heavy (non-hydrogen) atoms. The van der Waals surface area contributed by atoms with Crippen LogP contribution in [0, 0.1) is 18.3 Å². The van der Waals surface area contributed by atoms with E-state index in [4.69, 9.17) is 5.10 Å². The number of anilines is 2. The van der Waals surface area contributed by atoms with E-state index >= 15 is 0 Å². The number of nitrogens with one attached hydrogen (secondary N) is 1. The molecule has 0 unspecified atom stereocenters. The molecule has 0 radical (unpaired) electrons. The quantitative estimate of drug-likeness (QED) is 0.450. The van der Waals surface area contributed by atoms with E-state index < -0.39 is 5.92 Å². The van der Waals surface area contributed by atoms with Gasteiger partial charge in [0, 0.05) is 54.8 Å². The van der Waals surface area contributed by atoms with Crippen molar-refractivity contribution in [1.82, 2.24) is 14.6 Å². The normalized spacial score (nSPS) is 16.6. The third kappa shape index (κ3) is 3.84. The third-order valence-corrected chi connectivity index (χ3v) is 6.50. The number of fused-ring (bicyclic) bond motifs is 3. The summed E-state index contributed by atoms with van der Waals surface area (Å²) in [6.45, 7) is 4.61. The number of nitriles is 1. The van der Waals surface area contributed by atoms with Crippen LogP contribution in [-0.4, -0.2) is 33.6 Å². The van der Waals surface area contributed by atoms with E-state index in [1.54, 1.807) is 16.9 Å². The Morgan fingerprint density at radius 1 is 1.15 bits per heavy atom. The van der Waals surface area contributed by atoms with Crippen molar-refractivity contribution in [1.29, 1.82) is 5.26 Å². The summed E-state index contributed by atoms with van der Waals surface area (Å²) in [6.07, 6.45) is 3.22. The minimum atomic E-state index is -2.59. The van der Waals surface area contributed by atoms with Crippen LogP contribution in [0.3, 0.4) is 0 Å². The Labute approximate surface area is 190 Å². The molecule has 8 heteroatoms. The lowest BCUT2D eigenvalue weighted by molar-refractivity contribution is -0.0220. The fourth-order valence-electron chi connectivity index (χ4n) is 4.58. The number of nitrogens with zero attached hydrogens (tertiary/aromatic N) is 5. The van der Waals surface area contributed by atoms with E-state index in [1.165, 1.54) is 0 Å². The lowest BCUT2D eigenvalue weighted by Gasteiger charge is -2.33. The maximum absolute atomic E-state index is 13.7. The highest BCUT2D eigenvalue weighted by Crippen LogP contribution is 2.35. The van der Waals surface area contributed by atoms with Gasteiger partial charge in [-0.05, 0) is 49.2 Å². The summed E-state index contributed by atoms with van der Waals surface area (Å²) in [6, 6.07) is 13.8. The van der Waals surface area contributed by atoms with Gasteiger partial charge in [-0.3, -0.25) is 0 Å². The molecule has 4 aromatic rings. The molecule has 0 bridgehead atoms.